The van der Waals surface area contributed by atoms with E-state index in [0.29, 0.717) is 19.4 Å². The van der Waals surface area contributed by atoms with Gasteiger partial charge in [0, 0.05) is 12.8 Å². The average molecular weight is 987 g/mol. The Kier molecular flexibility index (Phi) is 58.5. The van der Waals surface area contributed by atoms with Crippen LogP contribution in [0.25, 0.3) is 0 Å². The molecule has 1 amide bonds. The predicted molar refractivity (Wildman–Crippen MR) is 306 cm³/mol. The molecule has 0 saturated carbocycles. The van der Waals surface area contributed by atoms with E-state index in [1.54, 1.807) is 6.08 Å². The van der Waals surface area contributed by atoms with Crippen LogP contribution >= 0.6 is 0 Å². The first-order valence-corrected chi connectivity index (χ1v) is 31.6. The summed E-state index contributed by atoms with van der Waals surface area (Å²) < 4.78 is 5.49. The Labute approximate surface area is 437 Å². The van der Waals surface area contributed by atoms with Crippen LogP contribution < -0.4 is 5.32 Å². The van der Waals surface area contributed by atoms with E-state index in [4.69, 9.17) is 4.74 Å². The second kappa shape index (κ2) is 59.9. The number of allylic oxidation sites excluding steroid dienone is 3. The van der Waals surface area contributed by atoms with Crippen LogP contribution in [0.2, 0.25) is 0 Å². The molecule has 6 nitrogen and oxygen atoms in total. The normalized spacial score (nSPS) is 12.7. The monoisotopic (exact) mass is 986 g/mol. The minimum absolute atomic E-state index is 0.0142. The second-order valence-electron chi connectivity index (χ2n) is 21.7. The highest BCUT2D eigenvalue weighted by Crippen LogP contribution is 2.17. The van der Waals surface area contributed by atoms with Gasteiger partial charge in [-0.2, -0.15) is 0 Å². The van der Waals surface area contributed by atoms with E-state index in [1.807, 2.05) is 6.08 Å². The molecule has 2 atom stereocenters. The van der Waals surface area contributed by atoms with Gasteiger partial charge in [-0.15, -0.1) is 0 Å². The first-order chi connectivity index (χ1) is 34.5. The van der Waals surface area contributed by atoms with Gasteiger partial charge in [0.2, 0.25) is 5.91 Å². The lowest BCUT2D eigenvalue weighted by atomic mass is 10.0. The molecule has 2 unspecified atom stereocenters. The number of hydrogen-bond acceptors (Lipinski definition) is 5. The number of esters is 1. The van der Waals surface area contributed by atoms with Crippen molar-refractivity contribution < 1.29 is 24.5 Å². The van der Waals surface area contributed by atoms with Crippen LogP contribution in [0, 0.1) is 0 Å². The summed E-state index contributed by atoms with van der Waals surface area (Å²) in [6.07, 6.45) is 73.6. The maximum atomic E-state index is 12.5. The maximum absolute atomic E-state index is 12.5. The summed E-state index contributed by atoms with van der Waals surface area (Å²) in [6.45, 7) is 4.92. The molecule has 70 heavy (non-hydrogen) atoms. The Bertz CT molecular complexity index is 1090. The largest absolute Gasteiger partial charge is 0.466 e. The zero-order chi connectivity index (χ0) is 50.7. The minimum atomic E-state index is -0.848. The first kappa shape index (κ1) is 68.3. The number of ether oxygens (including phenoxy) is 1. The summed E-state index contributed by atoms with van der Waals surface area (Å²) in [7, 11) is 0. The molecular formula is C64H123NO5. The summed E-state index contributed by atoms with van der Waals surface area (Å²) in [5.41, 5.74) is 0. The van der Waals surface area contributed by atoms with Crippen LogP contribution in [-0.4, -0.2) is 47.4 Å². The Balaban J connectivity index is 3.42. The van der Waals surface area contributed by atoms with E-state index >= 15 is 0 Å². The first-order valence-electron chi connectivity index (χ1n) is 31.6. The smallest absolute Gasteiger partial charge is 0.305 e. The fraction of sp³-hybridized carbons (Fsp3) is 0.906. The molecule has 0 aliphatic heterocycles. The van der Waals surface area contributed by atoms with Crippen molar-refractivity contribution in [2.45, 2.75) is 360 Å². The number of rotatable bonds is 59. The van der Waals surface area contributed by atoms with Crippen LogP contribution in [0.15, 0.2) is 24.3 Å². The molecular weight excluding hydrogens is 863 g/mol. The van der Waals surface area contributed by atoms with Crippen molar-refractivity contribution in [2.75, 3.05) is 13.2 Å². The summed E-state index contributed by atoms with van der Waals surface area (Å²) in [4.78, 5) is 24.5. The summed E-state index contributed by atoms with van der Waals surface area (Å²) in [5, 5.41) is 23.1. The van der Waals surface area contributed by atoms with E-state index in [-0.39, 0.29) is 18.5 Å². The quantitative estimate of drug-likeness (QED) is 0.0321. The highest BCUT2D eigenvalue weighted by atomic mass is 16.5. The molecule has 0 aromatic rings. The van der Waals surface area contributed by atoms with Gasteiger partial charge < -0.3 is 20.3 Å². The molecule has 0 aliphatic carbocycles. The molecule has 0 saturated heterocycles. The van der Waals surface area contributed by atoms with Crippen LogP contribution in [0.1, 0.15) is 348 Å². The molecule has 0 heterocycles. The van der Waals surface area contributed by atoms with Crippen molar-refractivity contribution in [3.63, 3.8) is 0 Å². The molecule has 0 aliphatic rings. The van der Waals surface area contributed by atoms with Crippen molar-refractivity contribution in [2.24, 2.45) is 0 Å². The Morgan fingerprint density at radius 3 is 1.01 bits per heavy atom. The molecule has 0 radical (unpaired) electrons. The minimum Gasteiger partial charge on any atom is -0.466 e. The summed E-state index contributed by atoms with van der Waals surface area (Å²) in [5.74, 6) is -0.0584. The zero-order valence-electron chi connectivity index (χ0n) is 47.3. The maximum Gasteiger partial charge on any atom is 0.305 e. The number of aliphatic hydroxyl groups is 2. The van der Waals surface area contributed by atoms with Gasteiger partial charge in [0.05, 0.1) is 25.4 Å². The fourth-order valence-corrected chi connectivity index (χ4v) is 9.87. The number of nitrogens with one attached hydrogen (secondary N) is 1. The van der Waals surface area contributed by atoms with Crippen LogP contribution in [-0.2, 0) is 14.3 Å². The molecule has 0 fully saturated rings. The third-order valence-electron chi connectivity index (χ3n) is 14.7. The molecule has 6 heteroatoms. The number of hydrogen-bond donors (Lipinski definition) is 3. The summed E-state index contributed by atoms with van der Waals surface area (Å²) >= 11 is 0. The van der Waals surface area contributed by atoms with Gasteiger partial charge in [0.15, 0.2) is 0 Å². The Morgan fingerprint density at radius 1 is 0.386 bits per heavy atom. The third-order valence-corrected chi connectivity index (χ3v) is 14.7. The van der Waals surface area contributed by atoms with Gasteiger partial charge >= 0.3 is 5.97 Å². The van der Waals surface area contributed by atoms with E-state index in [9.17, 15) is 19.8 Å². The number of unbranched alkanes of at least 4 members (excludes halogenated alkanes) is 46. The summed E-state index contributed by atoms with van der Waals surface area (Å²) in [6, 6.07) is -0.632. The lowest BCUT2D eigenvalue weighted by molar-refractivity contribution is -0.143. The van der Waals surface area contributed by atoms with E-state index in [0.717, 1.165) is 44.9 Å². The second-order valence-corrected chi connectivity index (χ2v) is 21.7. The number of amides is 1. The highest BCUT2D eigenvalue weighted by Gasteiger charge is 2.18. The van der Waals surface area contributed by atoms with Crippen molar-refractivity contribution in [3.8, 4) is 0 Å². The van der Waals surface area contributed by atoms with Crippen molar-refractivity contribution in [1.82, 2.24) is 5.32 Å². The SMILES string of the molecule is CCCCCCCCCCCCCCC/C=C/C(O)C(CO)NC(=O)CCCCCCCCC/C=C\CCCCCCCCCCCCCCOC(=O)CCCCCCCCCCCCCCCCC. The highest BCUT2D eigenvalue weighted by molar-refractivity contribution is 5.76. The number of aliphatic hydroxyl groups excluding tert-OH is 2. The van der Waals surface area contributed by atoms with Gasteiger partial charge in [-0.3, -0.25) is 9.59 Å². The van der Waals surface area contributed by atoms with Gasteiger partial charge in [-0.05, 0) is 57.8 Å². The molecule has 0 aromatic carbocycles. The number of carbonyl (C=O) groups is 2. The topological polar surface area (TPSA) is 95.9 Å². The van der Waals surface area contributed by atoms with E-state index < -0.39 is 12.1 Å². The molecule has 414 valence electrons. The lowest BCUT2D eigenvalue weighted by Crippen LogP contribution is -2.45. The van der Waals surface area contributed by atoms with Gasteiger partial charge in [-0.1, -0.05) is 301 Å². The van der Waals surface area contributed by atoms with Crippen molar-refractivity contribution in [1.29, 1.82) is 0 Å². The fourth-order valence-electron chi connectivity index (χ4n) is 9.87. The average Bonchev–Trinajstić information content (AvgIpc) is 3.36. The van der Waals surface area contributed by atoms with E-state index in [2.05, 4.69) is 31.3 Å². The molecule has 0 bridgehead atoms. The lowest BCUT2D eigenvalue weighted by Gasteiger charge is -2.20. The molecule has 0 spiro atoms. The van der Waals surface area contributed by atoms with Gasteiger partial charge in [-0.25, -0.2) is 0 Å². The predicted octanol–water partition coefficient (Wildman–Crippen LogP) is 19.8. The Hall–Kier alpha value is -1.66. The molecule has 3 N–H and O–H groups in total. The number of carbonyl (C=O) groups excluding carboxylic acids is 2. The zero-order valence-corrected chi connectivity index (χ0v) is 47.3. The van der Waals surface area contributed by atoms with Crippen LogP contribution in [0.5, 0.6) is 0 Å². The van der Waals surface area contributed by atoms with Crippen LogP contribution in [0.3, 0.4) is 0 Å². The Morgan fingerprint density at radius 2 is 0.671 bits per heavy atom. The van der Waals surface area contributed by atoms with Gasteiger partial charge in [0.25, 0.3) is 0 Å². The van der Waals surface area contributed by atoms with Gasteiger partial charge in [0.1, 0.15) is 0 Å². The van der Waals surface area contributed by atoms with Crippen LogP contribution in [0.4, 0.5) is 0 Å². The van der Waals surface area contributed by atoms with E-state index in [1.165, 1.54) is 276 Å². The van der Waals surface area contributed by atoms with Crippen molar-refractivity contribution in [3.05, 3.63) is 24.3 Å². The standard InChI is InChI=1S/C64H123NO5/c1-3-5-7-9-11-13-15-17-28-32-36-40-44-48-52-56-62(67)61(60-66)65-63(68)57-53-49-45-41-37-33-30-26-24-22-20-19-21-23-25-27-31-35-39-43-47-51-55-59-70-64(69)58-54-50-46-42-38-34-29-18-16-14-12-10-8-6-4-2/h22,24,52,56,61-62,66-67H,3-21,23,25-51,53-55,57-60H2,1-2H3,(H,65,68)/b24-22-,56-52+. The third kappa shape index (κ3) is 55.7. The van der Waals surface area contributed by atoms with Crippen molar-refractivity contribution >= 4 is 11.9 Å². The molecule has 0 rings (SSSR count). The molecule has 0 aromatic heterocycles.